The normalized spacial score (nSPS) is 10.7. The van der Waals surface area contributed by atoms with Gasteiger partial charge in [0.05, 0.1) is 5.56 Å². The van der Waals surface area contributed by atoms with Crippen LogP contribution >= 0.6 is 0 Å². The molecule has 0 radical (unpaired) electrons. The van der Waals surface area contributed by atoms with E-state index < -0.39 is 5.97 Å². The molecule has 0 aromatic heterocycles. The maximum Gasteiger partial charge on any atom is 0.336 e. The van der Waals surface area contributed by atoms with Gasteiger partial charge in [-0.05, 0) is 42.2 Å². The lowest BCUT2D eigenvalue weighted by Crippen LogP contribution is -2.05. The van der Waals surface area contributed by atoms with Crippen LogP contribution in [0.15, 0.2) is 42.5 Å². The number of hydrogen-bond donors (Lipinski definition) is 1. The molecule has 0 aliphatic rings. The summed E-state index contributed by atoms with van der Waals surface area (Å²) in [5.74, 6) is 0.277. The molecule has 0 aliphatic heterocycles. The van der Waals surface area contributed by atoms with Gasteiger partial charge in [-0.2, -0.15) is 0 Å². The highest BCUT2D eigenvalue weighted by Crippen LogP contribution is 2.24. The highest BCUT2D eigenvalue weighted by Gasteiger charge is 2.10. The molecule has 1 N–H and O–H groups in total. The molecule has 0 saturated heterocycles. The molecule has 0 fully saturated rings. The van der Waals surface area contributed by atoms with Crippen molar-refractivity contribution < 1.29 is 14.6 Å². The Balaban J connectivity index is 2.19. The number of rotatable bonds is 5. The average Bonchev–Trinajstić information content (AvgIpc) is 2.44. The fraction of sp³-hybridized carbons (Fsp3) is 0.278. The predicted molar refractivity (Wildman–Crippen MR) is 83.0 cm³/mol. The Morgan fingerprint density at radius 3 is 2.57 bits per heavy atom. The molecule has 0 bridgehead atoms. The second-order valence-electron chi connectivity index (χ2n) is 5.49. The summed E-state index contributed by atoms with van der Waals surface area (Å²) in [4.78, 5) is 11.2. The van der Waals surface area contributed by atoms with E-state index in [0.29, 0.717) is 11.5 Å². The van der Waals surface area contributed by atoms with E-state index in [1.54, 1.807) is 18.2 Å². The molecule has 3 nitrogen and oxygen atoms in total. The van der Waals surface area contributed by atoms with Crippen molar-refractivity contribution in [3.63, 3.8) is 0 Å². The minimum Gasteiger partial charge on any atom is -0.489 e. The molecule has 0 aliphatic carbocycles. The van der Waals surface area contributed by atoms with Gasteiger partial charge in [0.1, 0.15) is 12.4 Å². The van der Waals surface area contributed by atoms with Crippen LogP contribution in [0.1, 0.15) is 46.8 Å². The van der Waals surface area contributed by atoms with E-state index in [2.05, 4.69) is 19.9 Å². The summed E-state index contributed by atoms with van der Waals surface area (Å²) in [6, 6.07) is 13.0. The number of carboxylic acid groups (broad SMARTS) is 1. The summed E-state index contributed by atoms with van der Waals surface area (Å²) < 4.78 is 5.79. The Kier molecular flexibility index (Phi) is 4.63. The molecule has 2 aromatic rings. The van der Waals surface area contributed by atoms with Crippen molar-refractivity contribution >= 4 is 5.97 Å². The molecule has 21 heavy (non-hydrogen) atoms. The number of aromatic carboxylic acids is 1. The monoisotopic (exact) mass is 284 g/mol. The van der Waals surface area contributed by atoms with Crippen LogP contribution in [-0.4, -0.2) is 11.1 Å². The first kappa shape index (κ1) is 15.1. The van der Waals surface area contributed by atoms with Gasteiger partial charge in [0.2, 0.25) is 0 Å². The van der Waals surface area contributed by atoms with Crippen LogP contribution in [0.5, 0.6) is 5.75 Å². The van der Waals surface area contributed by atoms with Crippen molar-refractivity contribution in [1.82, 2.24) is 0 Å². The van der Waals surface area contributed by atoms with Gasteiger partial charge in [-0.15, -0.1) is 0 Å². The zero-order valence-corrected chi connectivity index (χ0v) is 12.6. The van der Waals surface area contributed by atoms with Gasteiger partial charge in [0.25, 0.3) is 0 Å². The molecule has 0 saturated carbocycles. The van der Waals surface area contributed by atoms with Crippen molar-refractivity contribution in [3.05, 3.63) is 64.7 Å². The average molecular weight is 284 g/mol. The Bertz CT molecular complexity index is 645. The number of aryl methyl sites for hydroxylation is 1. The maximum atomic E-state index is 11.2. The van der Waals surface area contributed by atoms with Crippen molar-refractivity contribution in [1.29, 1.82) is 0 Å². The van der Waals surface area contributed by atoms with Crippen LogP contribution in [0.25, 0.3) is 0 Å². The highest BCUT2D eigenvalue weighted by atomic mass is 16.5. The van der Waals surface area contributed by atoms with Crippen LogP contribution in [0.2, 0.25) is 0 Å². The summed E-state index contributed by atoms with van der Waals surface area (Å²) in [6.45, 7) is 6.56. The van der Waals surface area contributed by atoms with Crippen molar-refractivity contribution in [3.8, 4) is 5.75 Å². The largest absolute Gasteiger partial charge is 0.489 e. The molecule has 0 atom stereocenters. The maximum absolute atomic E-state index is 11.2. The predicted octanol–water partition coefficient (Wildman–Crippen LogP) is 4.40. The molecule has 2 rings (SSSR count). The standard InChI is InChI=1S/C18H20O3/c1-12(2)15-8-13(3)9-16(10-15)21-11-14-6-4-5-7-17(14)18(19)20/h4-10,12H,11H2,1-3H3,(H,19,20). The lowest BCUT2D eigenvalue weighted by Gasteiger charge is -2.12. The van der Waals surface area contributed by atoms with E-state index in [4.69, 9.17) is 9.84 Å². The first-order chi connectivity index (χ1) is 9.97. The van der Waals surface area contributed by atoms with Crippen LogP contribution in [-0.2, 0) is 6.61 Å². The van der Waals surface area contributed by atoms with E-state index in [1.165, 1.54) is 5.56 Å². The summed E-state index contributed by atoms with van der Waals surface area (Å²) in [6.07, 6.45) is 0. The first-order valence-corrected chi connectivity index (χ1v) is 7.03. The Labute approximate surface area is 125 Å². The van der Waals surface area contributed by atoms with Crippen LogP contribution < -0.4 is 4.74 Å². The highest BCUT2D eigenvalue weighted by molar-refractivity contribution is 5.89. The lowest BCUT2D eigenvalue weighted by molar-refractivity contribution is 0.0694. The smallest absolute Gasteiger partial charge is 0.336 e. The molecular weight excluding hydrogens is 264 g/mol. The van der Waals surface area contributed by atoms with E-state index >= 15 is 0 Å². The number of ether oxygens (including phenoxy) is 1. The Hall–Kier alpha value is -2.29. The van der Waals surface area contributed by atoms with Crippen LogP contribution in [0.4, 0.5) is 0 Å². The Morgan fingerprint density at radius 1 is 1.19 bits per heavy atom. The van der Waals surface area contributed by atoms with E-state index in [-0.39, 0.29) is 12.2 Å². The van der Waals surface area contributed by atoms with Gasteiger partial charge in [-0.25, -0.2) is 4.79 Å². The summed E-state index contributed by atoms with van der Waals surface area (Å²) in [5, 5.41) is 9.17. The third-order valence-corrected chi connectivity index (χ3v) is 3.38. The molecule has 0 heterocycles. The van der Waals surface area contributed by atoms with Crippen molar-refractivity contribution in [2.75, 3.05) is 0 Å². The second kappa shape index (κ2) is 6.44. The van der Waals surface area contributed by atoms with E-state index in [0.717, 1.165) is 11.3 Å². The number of carbonyl (C=O) groups is 1. The summed E-state index contributed by atoms with van der Waals surface area (Å²) in [7, 11) is 0. The molecule has 0 amide bonds. The summed E-state index contributed by atoms with van der Waals surface area (Å²) in [5.41, 5.74) is 3.33. The minimum atomic E-state index is -0.929. The summed E-state index contributed by atoms with van der Waals surface area (Å²) >= 11 is 0. The molecule has 0 spiro atoms. The van der Waals surface area contributed by atoms with Crippen LogP contribution in [0.3, 0.4) is 0 Å². The van der Waals surface area contributed by atoms with Gasteiger partial charge >= 0.3 is 5.97 Å². The van der Waals surface area contributed by atoms with Gasteiger partial charge < -0.3 is 9.84 Å². The SMILES string of the molecule is Cc1cc(OCc2ccccc2C(=O)O)cc(C(C)C)c1. The first-order valence-electron chi connectivity index (χ1n) is 7.03. The Morgan fingerprint density at radius 2 is 1.90 bits per heavy atom. The number of hydrogen-bond acceptors (Lipinski definition) is 2. The van der Waals surface area contributed by atoms with E-state index in [9.17, 15) is 4.79 Å². The minimum absolute atomic E-state index is 0.253. The third-order valence-electron chi connectivity index (χ3n) is 3.38. The van der Waals surface area contributed by atoms with Gasteiger partial charge in [0.15, 0.2) is 0 Å². The van der Waals surface area contributed by atoms with Gasteiger partial charge in [-0.1, -0.05) is 38.1 Å². The number of carboxylic acids is 1. The van der Waals surface area contributed by atoms with Crippen molar-refractivity contribution in [2.45, 2.75) is 33.3 Å². The zero-order chi connectivity index (χ0) is 15.4. The molecule has 0 unspecified atom stereocenters. The lowest BCUT2D eigenvalue weighted by atomic mass is 10.0. The van der Waals surface area contributed by atoms with Crippen LogP contribution in [0, 0.1) is 6.92 Å². The molecule has 2 aromatic carbocycles. The topological polar surface area (TPSA) is 46.5 Å². The van der Waals surface area contributed by atoms with Gasteiger partial charge in [0, 0.05) is 5.56 Å². The molecular formula is C18H20O3. The van der Waals surface area contributed by atoms with Crippen molar-refractivity contribution in [2.24, 2.45) is 0 Å². The number of benzene rings is 2. The second-order valence-corrected chi connectivity index (χ2v) is 5.49. The quantitative estimate of drug-likeness (QED) is 0.885. The molecule has 3 heteroatoms. The zero-order valence-electron chi connectivity index (χ0n) is 12.6. The fourth-order valence-corrected chi connectivity index (χ4v) is 2.21. The van der Waals surface area contributed by atoms with Gasteiger partial charge in [-0.3, -0.25) is 0 Å². The molecule has 110 valence electrons. The van der Waals surface area contributed by atoms with E-state index in [1.807, 2.05) is 25.1 Å². The third kappa shape index (κ3) is 3.85. The fourth-order valence-electron chi connectivity index (χ4n) is 2.21.